The van der Waals surface area contributed by atoms with Crippen molar-refractivity contribution in [1.82, 2.24) is 19.9 Å². The first-order valence-corrected chi connectivity index (χ1v) is 16.0. The van der Waals surface area contributed by atoms with Gasteiger partial charge in [-0.3, -0.25) is 15.0 Å². The highest BCUT2D eigenvalue weighted by atomic mass is 14.7. The summed E-state index contributed by atoms with van der Waals surface area (Å²) in [6.45, 7) is 0. The first-order chi connectivity index (χ1) is 23.8. The van der Waals surface area contributed by atoms with Crippen LogP contribution in [0.5, 0.6) is 0 Å². The molecule has 0 radical (unpaired) electrons. The van der Waals surface area contributed by atoms with Crippen LogP contribution in [0.2, 0.25) is 0 Å². The Morgan fingerprint density at radius 3 is 1.54 bits per heavy atom. The van der Waals surface area contributed by atoms with Gasteiger partial charge < -0.3 is 0 Å². The molecule has 5 aromatic carbocycles. The number of benzene rings is 5. The van der Waals surface area contributed by atoms with E-state index in [0.717, 1.165) is 50.1 Å². The number of hydrogen-bond acceptors (Lipinski definition) is 4. The van der Waals surface area contributed by atoms with Crippen molar-refractivity contribution in [3.8, 4) is 55.9 Å². The van der Waals surface area contributed by atoms with Crippen LogP contribution in [-0.2, 0) is 0 Å². The fourth-order valence-corrected chi connectivity index (χ4v) is 6.71. The minimum atomic E-state index is 0.905. The lowest BCUT2D eigenvalue weighted by Gasteiger charge is -2.15. The molecule has 0 aliphatic carbocycles. The normalized spacial score (nSPS) is 11.3. The SMILES string of the molecule is c1ccc2c(c1)cnc1cc(-c3ccc(-c4ccc(-c5cc(-c6ccncc6)nc(-c6ccncc6)c5)c5ccccc45)cc3)ccc12. The third-order valence-electron chi connectivity index (χ3n) is 9.13. The van der Waals surface area contributed by atoms with Gasteiger partial charge in [0.1, 0.15) is 0 Å². The van der Waals surface area contributed by atoms with Crippen molar-refractivity contribution in [3.63, 3.8) is 0 Å². The van der Waals surface area contributed by atoms with Crippen LogP contribution in [0.1, 0.15) is 0 Å². The van der Waals surface area contributed by atoms with E-state index in [0.29, 0.717) is 0 Å². The Labute approximate surface area is 278 Å². The number of rotatable bonds is 5. The Kier molecular flexibility index (Phi) is 6.76. The molecule has 0 fully saturated rings. The largest absolute Gasteiger partial charge is 0.265 e. The van der Waals surface area contributed by atoms with Gasteiger partial charge in [0.05, 0.1) is 16.9 Å². The Bertz CT molecular complexity index is 2540. The van der Waals surface area contributed by atoms with Gasteiger partial charge >= 0.3 is 0 Å². The highest BCUT2D eigenvalue weighted by Gasteiger charge is 2.14. The molecule has 0 atom stereocenters. The maximum atomic E-state index is 5.05. The molecule has 48 heavy (non-hydrogen) atoms. The average Bonchev–Trinajstić information content (AvgIpc) is 3.18. The summed E-state index contributed by atoms with van der Waals surface area (Å²) in [5, 5.41) is 5.97. The maximum Gasteiger partial charge on any atom is 0.0716 e. The summed E-state index contributed by atoms with van der Waals surface area (Å²) in [5.41, 5.74) is 11.8. The maximum absolute atomic E-state index is 5.05. The van der Waals surface area contributed by atoms with Gasteiger partial charge in [0.25, 0.3) is 0 Å². The van der Waals surface area contributed by atoms with E-state index in [1.807, 2.05) is 55.2 Å². The van der Waals surface area contributed by atoms with Crippen LogP contribution in [0.25, 0.3) is 88.3 Å². The quantitative estimate of drug-likeness (QED) is 0.181. The lowest BCUT2D eigenvalue weighted by atomic mass is 9.90. The van der Waals surface area contributed by atoms with Gasteiger partial charge in [-0.15, -0.1) is 0 Å². The molecule has 0 N–H and O–H groups in total. The van der Waals surface area contributed by atoms with E-state index >= 15 is 0 Å². The topological polar surface area (TPSA) is 51.6 Å². The minimum Gasteiger partial charge on any atom is -0.265 e. The molecular weight excluding hydrogens is 585 g/mol. The van der Waals surface area contributed by atoms with Crippen LogP contribution in [-0.4, -0.2) is 19.9 Å². The predicted octanol–water partition coefficient (Wildman–Crippen LogP) is 11.1. The summed E-state index contributed by atoms with van der Waals surface area (Å²) in [7, 11) is 0. The zero-order valence-electron chi connectivity index (χ0n) is 26.0. The molecule has 0 aliphatic rings. The summed E-state index contributed by atoms with van der Waals surface area (Å²) < 4.78 is 0. The fourth-order valence-electron chi connectivity index (χ4n) is 6.71. The van der Waals surface area contributed by atoms with Gasteiger partial charge in [-0.2, -0.15) is 0 Å². The van der Waals surface area contributed by atoms with E-state index in [9.17, 15) is 0 Å². The highest BCUT2D eigenvalue weighted by molar-refractivity contribution is 6.07. The van der Waals surface area contributed by atoms with Crippen LogP contribution in [0, 0.1) is 0 Å². The Morgan fingerprint density at radius 2 is 0.896 bits per heavy atom. The molecule has 9 rings (SSSR count). The fraction of sp³-hybridized carbons (Fsp3) is 0. The predicted molar refractivity (Wildman–Crippen MR) is 197 cm³/mol. The average molecular weight is 613 g/mol. The van der Waals surface area contributed by atoms with Crippen LogP contribution in [0.15, 0.2) is 171 Å². The van der Waals surface area contributed by atoms with Gasteiger partial charge in [0.15, 0.2) is 0 Å². The molecule has 4 aromatic heterocycles. The number of nitrogens with zero attached hydrogens (tertiary/aromatic N) is 4. The molecule has 9 aromatic rings. The molecule has 0 spiro atoms. The standard InChI is InChI=1S/C44H28N4/c1-2-6-36-34(5-1)28-47-44-25-33(13-14-41(36)44)29-9-11-30(12-10-29)37-15-16-38(40-8-4-3-7-39(37)40)35-26-42(31-17-21-45-22-18-31)48-43(27-35)32-19-23-46-24-20-32/h1-28H. The summed E-state index contributed by atoms with van der Waals surface area (Å²) in [4.78, 5) is 18.2. The van der Waals surface area contributed by atoms with Crippen LogP contribution in [0.3, 0.4) is 0 Å². The summed E-state index contributed by atoms with van der Waals surface area (Å²) >= 11 is 0. The van der Waals surface area contributed by atoms with E-state index in [2.05, 4.69) is 125 Å². The summed E-state index contributed by atoms with van der Waals surface area (Å²) in [6.07, 6.45) is 9.20. The number of fused-ring (bicyclic) bond motifs is 4. The molecular formula is C44H28N4. The van der Waals surface area contributed by atoms with Gasteiger partial charge in [0.2, 0.25) is 0 Å². The first-order valence-electron chi connectivity index (χ1n) is 16.0. The summed E-state index contributed by atoms with van der Waals surface area (Å²) in [5.74, 6) is 0. The molecule has 0 unspecified atom stereocenters. The zero-order chi connectivity index (χ0) is 31.9. The summed E-state index contributed by atoms with van der Waals surface area (Å²) in [6, 6.07) is 49.4. The smallest absolute Gasteiger partial charge is 0.0716 e. The van der Waals surface area contributed by atoms with Crippen molar-refractivity contribution in [1.29, 1.82) is 0 Å². The van der Waals surface area contributed by atoms with Gasteiger partial charge in [-0.1, -0.05) is 97.1 Å². The second kappa shape index (κ2) is 11.7. The molecule has 4 heterocycles. The first kappa shape index (κ1) is 27.8. The molecule has 0 amide bonds. The van der Waals surface area contributed by atoms with Gasteiger partial charge in [-0.05, 0) is 92.0 Å². The molecule has 4 nitrogen and oxygen atoms in total. The van der Waals surface area contributed by atoms with Crippen molar-refractivity contribution < 1.29 is 0 Å². The van der Waals surface area contributed by atoms with Gasteiger partial charge in [-0.25, -0.2) is 4.98 Å². The highest BCUT2D eigenvalue weighted by Crippen LogP contribution is 2.39. The minimum absolute atomic E-state index is 0.905. The van der Waals surface area contributed by atoms with Crippen LogP contribution >= 0.6 is 0 Å². The second-order valence-electron chi connectivity index (χ2n) is 12.0. The molecule has 0 aliphatic heterocycles. The van der Waals surface area contributed by atoms with E-state index in [1.54, 1.807) is 0 Å². The molecule has 4 heteroatoms. The number of pyridine rings is 4. The number of aromatic nitrogens is 4. The van der Waals surface area contributed by atoms with E-state index in [1.165, 1.54) is 38.2 Å². The molecule has 0 saturated heterocycles. The molecule has 0 saturated carbocycles. The van der Waals surface area contributed by atoms with E-state index in [-0.39, 0.29) is 0 Å². The monoisotopic (exact) mass is 612 g/mol. The third kappa shape index (κ3) is 4.97. The van der Waals surface area contributed by atoms with Crippen molar-refractivity contribution in [2.45, 2.75) is 0 Å². The van der Waals surface area contributed by atoms with Gasteiger partial charge in [0, 0.05) is 52.9 Å². The molecule has 224 valence electrons. The Morgan fingerprint density at radius 1 is 0.354 bits per heavy atom. The van der Waals surface area contributed by atoms with Crippen LogP contribution in [0.4, 0.5) is 0 Å². The lowest BCUT2D eigenvalue weighted by Crippen LogP contribution is -1.93. The number of hydrogen-bond donors (Lipinski definition) is 0. The Balaban J connectivity index is 1.12. The van der Waals surface area contributed by atoms with Crippen molar-refractivity contribution in [3.05, 3.63) is 171 Å². The van der Waals surface area contributed by atoms with Crippen LogP contribution < -0.4 is 0 Å². The van der Waals surface area contributed by atoms with Crippen molar-refractivity contribution >= 4 is 32.4 Å². The lowest BCUT2D eigenvalue weighted by molar-refractivity contribution is 1.27. The molecule has 0 bridgehead atoms. The zero-order valence-corrected chi connectivity index (χ0v) is 26.0. The van der Waals surface area contributed by atoms with Crippen molar-refractivity contribution in [2.75, 3.05) is 0 Å². The van der Waals surface area contributed by atoms with E-state index in [4.69, 9.17) is 9.97 Å². The van der Waals surface area contributed by atoms with E-state index < -0.39 is 0 Å². The Hall–Kier alpha value is -6.52. The van der Waals surface area contributed by atoms with Crippen molar-refractivity contribution in [2.24, 2.45) is 0 Å². The third-order valence-corrected chi connectivity index (χ3v) is 9.13. The second-order valence-corrected chi connectivity index (χ2v) is 12.0.